The SMILES string of the molecule is CC(C(=O)NCCn1ccnn1)C1CNC1. The summed E-state index contributed by atoms with van der Waals surface area (Å²) in [4.78, 5) is 11.7. The number of rotatable bonds is 5. The number of nitrogens with one attached hydrogen (secondary N) is 2. The molecule has 0 saturated carbocycles. The summed E-state index contributed by atoms with van der Waals surface area (Å²) in [5.41, 5.74) is 0. The van der Waals surface area contributed by atoms with Gasteiger partial charge in [0.2, 0.25) is 5.91 Å². The lowest BCUT2D eigenvalue weighted by Gasteiger charge is -2.31. The van der Waals surface area contributed by atoms with E-state index >= 15 is 0 Å². The van der Waals surface area contributed by atoms with E-state index in [9.17, 15) is 4.79 Å². The van der Waals surface area contributed by atoms with Gasteiger partial charge in [0, 0.05) is 18.7 Å². The molecule has 2 rings (SSSR count). The molecule has 1 aromatic heterocycles. The number of carbonyl (C=O) groups excluding carboxylic acids is 1. The van der Waals surface area contributed by atoms with Crippen LogP contribution in [0.1, 0.15) is 6.92 Å². The van der Waals surface area contributed by atoms with E-state index < -0.39 is 0 Å². The van der Waals surface area contributed by atoms with Crippen LogP contribution < -0.4 is 10.6 Å². The molecular formula is C10H17N5O. The summed E-state index contributed by atoms with van der Waals surface area (Å²) in [5, 5.41) is 13.6. The van der Waals surface area contributed by atoms with Crippen molar-refractivity contribution in [1.29, 1.82) is 0 Å². The smallest absolute Gasteiger partial charge is 0.223 e. The Morgan fingerprint density at radius 2 is 2.50 bits per heavy atom. The highest BCUT2D eigenvalue weighted by molar-refractivity contribution is 5.78. The molecule has 88 valence electrons. The molecule has 0 aromatic carbocycles. The Balaban J connectivity index is 1.67. The molecule has 1 unspecified atom stereocenters. The van der Waals surface area contributed by atoms with Crippen LogP contribution in [0.5, 0.6) is 0 Å². The minimum atomic E-state index is 0.0944. The van der Waals surface area contributed by atoms with Crippen molar-refractivity contribution in [3.05, 3.63) is 12.4 Å². The van der Waals surface area contributed by atoms with Crippen LogP contribution in [0.25, 0.3) is 0 Å². The molecule has 0 aliphatic carbocycles. The molecule has 2 N–H and O–H groups in total. The highest BCUT2D eigenvalue weighted by Gasteiger charge is 2.28. The minimum Gasteiger partial charge on any atom is -0.354 e. The van der Waals surface area contributed by atoms with Crippen molar-refractivity contribution in [2.24, 2.45) is 11.8 Å². The monoisotopic (exact) mass is 223 g/mol. The molecule has 16 heavy (non-hydrogen) atoms. The van der Waals surface area contributed by atoms with Gasteiger partial charge in [-0.25, -0.2) is 0 Å². The van der Waals surface area contributed by atoms with E-state index in [1.807, 2.05) is 6.92 Å². The van der Waals surface area contributed by atoms with Crippen LogP contribution in [0.2, 0.25) is 0 Å². The van der Waals surface area contributed by atoms with Crippen molar-refractivity contribution in [2.45, 2.75) is 13.5 Å². The molecular weight excluding hydrogens is 206 g/mol. The minimum absolute atomic E-state index is 0.0944. The highest BCUT2D eigenvalue weighted by atomic mass is 16.1. The lowest BCUT2D eigenvalue weighted by atomic mass is 9.88. The first-order valence-corrected chi connectivity index (χ1v) is 5.60. The van der Waals surface area contributed by atoms with Gasteiger partial charge in [-0.1, -0.05) is 12.1 Å². The quantitative estimate of drug-likeness (QED) is 0.689. The first kappa shape index (κ1) is 11.1. The van der Waals surface area contributed by atoms with Gasteiger partial charge < -0.3 is 10.6 Å². The van der Waals surface area contributed by atoms with Crippen LogP contribution in [0.15, 0.2) is 12.4 Å². The molecule has 0 bridgehead atoms. The van der Waals surface area contributed by atoms with Crippen LogP contribution in [0.3, 0.4) is 0 Å². The number of amides is 1. The summed E-state index contributed by atoms with van der Waals surface area (Å²) in [6.45, 7) is 5.17. The number of carbonyl (C=O) groups is 1. The molecule has 1 saturated heterocycles. The summed E-state index contributed by atoms with van der Waals surface area (Å²) in [6, 6.07) is 0. The van der Waals surface area contributed by atoms with Crippen molar-refractivity contribution in [3.63, 3.8) is 0 Å². The lowest BCUT2D eigenvalue weighted by Crippen LogP contribution is -2.49. The van der Waals surface area contributed by atoms with Crippen molar-refractivity contribution in [1.82, 2.24) is 25.6 Å². The van der Waals surface area contributed by atoms with Crippen molar-refractivity contribution >= 4 is 5.91 Å². The fourth-order valence-corrected chi connectivity index (χ4v) is 1.69. The van der Waals surface area contributed by atoms with Crippen molar-refractivity contribution < 1.29 is 4.79 Å². The molecule has 1 aliphatic rings. The number of aromatic nitrogens is 3. The maximum atomic E-state index is 11.7. The summed E-state index contributed by atoms with van der Waals surface area (Å²) in [5.74, 6) is 0.718. The zero-order chi connectivity index (χ0) is 11.4. The average Bonchev–Trinajstić information content (AvgIpc) is 2.67. The Morgan fingerprint density at radius 3 is 3.06 bits per heavy atom. The lowest BCUT2D eigenvalue weighted by molar-refractivity contribution is -0.126. The second kappa shape index (κ2) is 5.07. The third-order valence-corrected chi connectivity index (χ3v) is 3.05. The first-order chi connectivity index (χ1) is 7.77. The van der Waals surface area contributed by atoms with Crippen LogP contribution in [-0.2, 0) is 11.3 Å². The van der Waals surface area contributed by atoms with Gasteiger partial charge in [-0.15, -0.1) is 5.10 Å². The standard InChI is InChI=1S/C10H17N5O/c1-8(9-6-11-7-9)10(16)12-2-4-15-5-3-13-14-15/h3,5,8-9,11H,2,4,6-7H2,1H3,(H,12,16). The van der Waals surface area contributed by atoms with Gasteiger partial charge in [0.05, 0.1) is 12.7 Å². The van der Waals surface area contributed by atoms with Gasteiger partial charge in [-0.2, -0.15) is 0 Å². The number of nitrogens with zero attached hydrogens (tertiary/aromatic N) is 3. The van der Waals surface area contributed by atoms with E-state index in [2.05, 4.69) is 20.9 Å². The maximum Gasteiger partial charge on any atom is 0.223 e. The van der Waals surface area contributed by atoms with E-state index in [4.69, 9.17) is 0 Å². The predicted octanol–water partition coefficient (Wildman–Crippen LogP) is -0.750. The fraction of sp³-hybridized carbons (Fsp3) is 0.700. The van der Waals surface area contributed by atoms with Gasteiger partial charge >= 0.3 is 0 Å². The first-order valence-electron chi connectivity index (χ1n) is 5.60. The van der Waals surface area contributed by atoms with E-state index in [0.717, 1.165) is 13.1 Å². The molecule has 1 fully saturated rings. The zero-order valence-electron chi connectivity index (χ0n) is 9.39. The third-order valence-electron chi connectivity index (χ3n) is 3.05. The van der Waals surface area contributed by atoms with Crippen LogP contribution in [0.4, 0.5) is 0 Å². The molecule has 1 aromatic rings. The van der Waals surface area contributed by atoms with Gasteiger partial charge in [-0.3, -0.25) is 9.48 Å². The molecule has 2 heterocycles. The van der Waals surface area contributed by atoms with Gasteiger partial charge in [0.25, 0.3) is 0 Å². The third kappa shape index (κ3) is 2.57. The van der Waals surface area contributed by atoms with Gasteiger partial charge in [-0.05, 0) is 19.0 Å². The Labute approximate surface area is 94.4 Å². The number of hydrogen-bond acceptors (Lipinski definition) is 4. The van der Waals surface area contributed by atoms with Gasteiger partial charge in [0.1, 0.15) is 0 Å². The Morgan fingerprint density at radius 1 is 1.69 bits per heavy atom. The fourth-order valence-electron chi connectivity index (χ4n) is 1.69. The summed E-state index contributed by atoms with van der Waals surface area (Å²) >= 11 is 0. The number of hydrogen-bond donors (Lipinski definition) is 2. The maximum absolute atomic E-state index is 11.7. The van der Waals surface area contributed by atoms with E-state index in [1.165, 1.54) is 0 Å². The van der Waals surface area contributed by atoms with Crippen molar-refractivity contribution in [2.75, 3.05) is 19.6 Å². The zero-order valence-corrected chi connectivity index (χ0v) is 9.39. The Kier molecular flexibility index (Phi) is 3.51. The second-order valence-electron chi connectivity index (χ2n) is 4.16. The van der Waals surface area contributed by atoms with E-state index in [0.29, 0.717) is 19.0 Å². The summed E-state index contributed by atoms with van der Waals surface area (Å²) in [7, 11) is 0. The highest BCUT2D eigenvalue weighted by Crippen LogP contribution is 2.15. The van der Waals surface area contributed by atoms with E-state index in [-0.39, 0.29) is 11.8 Å². The van der Waals surface area contributed by atoms with Crippen molar-refractivity contribution in [3.8, 4) is 0 Å². The summed E-state index contributed by atoms with van der Waals surface area (Å²) in [6.07, 6.45) is 3.41. The molecule has 1 atom stereocenters. The normalized spacial score (nSPS) is 17.8. The van der Waals surface area contributed by atoms with Crippen LogP contribution in [-0.4, -0.2) is 40.5 Å². The Hall–Kier alpha value is -1.43. The second-order valence-corrected chi connectivity index (χ2v) is 4.16. The molecule has 0 radical (unpaired) electrons. The molecule has 6 heteroatoms. The molecule has 6 nitrogen and oxygen atoms in total. The van der Waals surface area contributed by atoms with E-state index in [1.54, 1.807) is 17.1 Å². The van der Waals surface area contributed by atoms with Gasteiger partial charge in [0.15, 0.2) is 0 Å². The van der Waals surface area contributed by atoms with Crippen LogP contribution >= 0.6 is 0 Å². The Bertz CT molecular complexity index is 333. The topological polar surface area (TPSA) is 71.8 Å². The summed E-state index contributed by atoms with van der Waals surface area (Å²) < 4.78 is 1.70. The average molecular weight is 223 g/mol. The predicted molar refractivity (Wildman–Crippen MR) is 58.6 cm³/mol. The largest absolute Gasteiger partial charge is 0.354 e. The molecule has 1 aliphatic heterocycles. The molecule has 1 amide bonds. The van der Waals surface area contributed by atoms with Crippen LogP contribution in [0, 0.1) is 11.8 Å². The molecule has 0 spiro atoms.